The van der Waals surface area contributed by atoms with Crippen LogP contribution >= 0.6 is 11.8 Å². The van der Waals surface area contributed by atoms with E-state index in [1.54, 1.807) is 10.6 Å². The normalized spacial score (nSPS) is 12.0. The van der Waals surface area contributed by atoms with Gasteiger partial charge in [0, 0.05) is 6.54 Å². The van der Waals surface area contributed by atoms with Gasteiger partial charge < -0.3 is 0 Å². The maximum absolute atomic E-state index is 12.8. The number of para-hydroxylation sites is 1. The monoisotopic (exact) mass is 363 g/mol. The average molecular weight is 363 g/mol. The molecule has 4 nitrogen and oxygen atoms in total. The Hall–Kier alpha value is -2.58. The molecule has 5 heteroatoms. The third kappa shape index (κ3) is 3.97. The molecule has 26 heavy (non-hydrogen) atoms. The highest BCUT2D eigenvalue weighted by Gasteiger charge is 2.17. The molecule has 1 aromatic heterocycles. The molecule has 0 aliphatic rings. The molecule has 1 atom stereocenters. The zero-order chi connectivity index (χ0) is 18.5. The number of nitriles is 1. The molecule has 3 aromatic rings. The standard InChI is InChI=1S/C21H21N3OS/c1-3-12-24-20(25)18-6-4-5-7-19(18)23-21(24)26-17(14-22)13-16-10-8-15(2)9-11-16/h4-11,17H,3,12-13H2,1-2H3/t17-/m1/s1. The first-order valence-electron chi connectivity index (χ1n) is 8.73. The molecular weight excluding hydrogens is 342 g/mol. The molecule has 0 fully saturated rings. The van der Waals surface area contributed by atoms with E-state index in [1.807, 2.05) is 44.2 Å². The third-order valence-electron chi connectivity index (χ3n) is 4.21. The number of rotatable bonds is 6. The summed E-state index contributed by atoms with van der Waals surface area (Å²) in [5.41, 5.74) is 2.95. The topological polar surface area (TPSA) is 58.7 Å². The molecule has 0 amide bonds. The summed E-state index contributed by atoms with van der Waals surface area (Å²) in [6.45, 7) is 4.68. The molecule has 0 aliphatic heterocycles. The summed E-state index contributed by atoms with van der Waals surface area (Å²) in [6.07, 6.45) is 1.46. The average Bonchev–Trinajstić information content (AvgIpc) is 2.66. The van der Waals surface area contributed by atoms with Crippen LogP contribution in [0.5, 0.6) is 0 Å². The number of hydrogen-bond donors (Lipinski definition) is 0. The summed E-state index contributed by atoms with van der Waals surface area (Å²) in [6, 6.07) is 17.9. The lowest BCUT2D eigenvalue weighted by Gasteiger charge is -2.15. The molecule has 2 aromatic carbocycles. The molecule has 0 aliphatic carbocycles. The summed E-state index contributed by atoms with van der Waals surface area (Å²) in [4.78, 5) is 17.5. The number of hydrogen-bond acceptors (Lipinski definition) is 4. The van der Waals surface area contributed by atoms with E-state index in [0.717, 1.165) is 12.0 Å². The quantitative estimate of drug-likeness (QED) is 0.483. The van der Waals surface area contributed by atoms with Crippen molar-refractivity contribution in [3.05, 3.63) is 70.0 Å². The summed E-state index contributed by atoms with van der Waals surface area (Å²) in [5, 5.41) is 10.6. The number of fused-ring (bicyclic) bond motifs is 1. The van der Waals surface area contributed by atoms with E-state index in [-0.39, 0.29) is 10.8 Å². The Morgan fingerprint density at radius 3 is 2.62 bits per heavy atom. The molecule has 132 valence electrons. The molecule has 0 unspecified atom stereocenters. The molecule has 3 rings (SSSR count). The number of thioether (sulfide) groups is 1. The number of nitrogens with zero attached hydrogens (tertiary/aromatic N) is 3. The molecule has 0 saturated heterocycles. The lowest BCUT2D eigenvalue weighted by Crippen LogP contribution is -2.24. The van der Waals surface area contributed by atoms with Crippen LogP contribution in [0.15, 0.2) is 58.5 Å². The van der Waals surface area contributed by atoms with Gasteiger partial charge in [0.05, 0.1) is 17.0 Å². The van der Waals surface area contributed by atoms with Crippen molar-refractivity contribution >= 4 is 22.7 Å². The zero-order valence-corrected chi connectivity index (χ0v) is 15.8. The molecule has 0 radical (unpaired) electrons. The van der Waals surface area contributed by atoms with E-state index < -0.39 is 0 Å². The van der Waals surface area contributed by atoms with Crippen LogP contribution in [0.4, 0.5) is 0 Å². The minimum Gasteiger partial charge on any atom is -0.287 e. The van der Waals surface area contributed by atoms with Crippen molar-refractivity contribution in [2.45, 2.75) is 43.6 Å². The van der Waals surface area contributed by atoms with Crippen LogP contribution < -0.4 is 5.56 Å². The lowest BCUT2D eigenvalue weighted by atomic mass is 10.1. The van der Waals surface area contributed by atoms with Gasteiger partial charge >= 0.3 is 0 Å². The van der Waals surface area contributed by atoms with Crippen LogP contribution in [0.2, 0.25) is 0 Å². The smallest absolute Gasteiger partial charge is 0.262 e. The fourth-order valence-electron chi connectivity index (χ4n) is 2.84. The van der Waals surface area contributed by atoms with E-state index in [1.165, 1.54) is 17.3 Å². The maximum atomic E-state index is 12.8. The molecule has 0 bridgehead atoms. The predicted octanol–water partition coefficient (Wildman–Crippen LogP) is 4.34. The number of benzene rings is 2. The minimum atomic E-state index is -0.297. The lowest BCUT2D eigenvalue weighted by molar-refractivity contribution is 0.584. The first kappa shape index (κ1) is 18.2. The first-order valence-corrected chi connectivity index (χ1v) is 9.61. The molecule has 0 N–H and O–H groups in total. The van der Waals surface area contributed by atoms with Crippen LogP contribution in [-0.4, -0.2) is 14.8 Å². The van der Waals surface area contributed by atoms with Crippen LogP contribution in [0.3, 0.4) is 0 Å². The second-order valence-electron chi connectivity index (χ2n) is 6.29. The maximum Gasteiger partial charge on any atom is 0.262 e. The first-order chi connectivity index (χ1) is 12.6. The third-order valence-corrected chi connectivity index (χ3v) is 5.29. The van der Waals surface area contributed by atoms with Crippen molar-refractivity contribution in [1.82, 2.24) is 9.55 Å². The van der Waals surface area contributed by atoms with Gasteiger partial charge in [0.25, 0.3) is 5.56 Å². The van der Waals surface area contributed by atoms with Gasteiger partial charge in [-0.2, -0.15) is 5.26 Å². The Bertz CT molecular complexity index is 1000. The van der Waals surface area contributed by atoms with E-state index in [2.05, 4.69) is 23.2 Å². The van der Waals surface area contributed by atoms with Gasteiger partial charge in [0.2, 0.25) is 0 Å². The van der Waals surface area contributed by atoms with Crippen molar-refractivity contribution in [2.24, 2.45) is 0 Å². The minimum absolute atomic E-state index is 0.0352. The second-order valence-corrected chi connectivity index (χ2v) is 7.46. The second kappa shape index (κ2) is 8.20. The van der Waals surface area contributed by atoms with E-state index >= 15 is 0 Å². The van der Waals surface area contributed by atoms with Crippen molar-refractivity contribution < 1.29 is 0 Å². The Morgan fingerprint density at radius 1 is 1.19 bits per heavy atom. The van der Waals surface area contributed by atoms with Crippen molar-refractivity contribution in [3.63, 3.8) is 0 Å². The summed E-state index contributed by atoms with van der Waals surface area (Å²) in [7, 11) is 0. The fourth-order valence-corrected chi connectivity index (χ4v) is 3.87. The van der Waals surface area contributed by atoms with Crippen molar-refractivity contribution in [1.29, 1.82) is 5.26 Å². The SMILES string of the molecule is CCCn1c(S[C@@H](C#N)Cc2ccc(C)cc2)nc2ccccc2c1=O. The van der Waals surface area contributed by atoms with Gasteiger partial charge in [0.15, 0.2) is 5.16 Å². The molecule has 0 spiro atoms. The van der Waals surface area contributed by atoms with Crippen LogP contribution in [0.1, 0.15) is 24.5 Å². The highest BCUT2D eigenvalue weighted by molar-refractivity contribution is 8.00. The fraction of sp³-hybridized carbons (Fsp3) is 0.286. The Labute approximate surface area is 157 Å². The van der Waals surface area contributed by atoms with Gasteiger partial charge in [0.1, 0.15) is 5.25 Å². The Morgan fingerprint density at radius 2 is 1.92 bits per heavy atom. The summed E-state index contributed by atoms with van der Waals surface area (Å²) >= 11 is 1.37. The van der Waals surface area contributed by atoms with Gasteiger partial charge in [-0.15, -0.1) is 0 Å². The van der Waals surface area contributed by atoms with Gasteiger partial charge in [-0.25, -0.2) is 4.98 Å². The number of aryl methyl sites for hydroxylation is 1. The van der Waals surface area contributed by atoms with Crippen LogP contribution in [0.25, 0.3) is 10.9 Å². The molecule has 1 heterocycles. The summed E-state index contributed by atoms with van der Waals surface area (Å²) < 4.78 is 1.70. The highest BCUT2D eigenvalue weighted by Crippen LogP contribution is 2.25. The largest absolute Gasteiger partial charge is 0.287 e. The predicted molar refractivity (Wildman–Crippen MR) is 106 cm³/mol. The highest BCUT2D eigenvalue weighted by atomic mass is 32.2. The van der Waals surface area contributed by atoms with Gasteiger partial charge in [-0.05, 0) is 37.5 Å². The summed E-state index contributed by atoms with van der Waals surface area (Å²) in [5.74, 6) is 0. The molecular formula is C21H21N3OS. The Kier molecular flexibility index (Phi) is 5.75. The van der Waals surface area contributed by atoms with E-state index in [9.17, 15) is 10.1 Å². The van der Waals surface area contributed by atoms with Crippen molar-refractivity contribution in [2.75, 3.05) is 0 Å². The number of aromatic nitrogens is 2. The van der Waals surface area contributed by atoms with E-state index in [0.29, 0.717) is 29.0 Å². The van der Waals surface area contributed by atoms with E-state index in [4.69, 9.17) is 0 Å². The zero-order valence-electron chi connectivity index (χ0n) is 15.0. The molecule has 0 saturated carbocycles. The van der Waals surface area contributed by atoms with Crippen molar-refractivity contribution in [3.8, 4) is 6.07 Å². The van der Waals surface area contributed by atoms with Crippen LogP contribution in [0, 0.1) is 18.3 Å². The van der Waals surface area contributed by atoms with Gasteiger partial charge in [-0.1, -0.05) is 60.6 Å². The Balaban J connectivity index is 1.95. The van der Waals surface area contributed by atoms with Gasteiger partial charge in [-0.3, -0.25) is 9.36 Å². The van der Waals surface area contributed by atoms with Crippen LogP contribution in [-0.2, 0) is 13.0 Å².